The minimum atomic E-state index is 0.803. The summed E-state index contributed by atoms with van der Waals surface area (Å²) in [5, 5.41) is 8.50. The fraction of sp³-hybridized carbons (Fsp3) is 0.150. The molecule has 0 aliphatic carbocycles. The lowest BCUT2D eigenvalue weighted by molar-refractivity contribution is 0.415. The van der Waals surface area contributed by atoms with Gasteiger partial charge >= 0.3 is 0 Å². The molecular formula is C20H19N3O. The van der Waals surface area contributed by atoms with Crippen molar-refractivity contribution in [2.75, 3.05) is 7.11 Å². The first-order valence-corrected chi connectivity index (χ1v) is 7.87. The normalized spacial score (nSPS) is 10.9. The fourth-order valence-corrected chi connectivity index (χ4v) is 2.33. The maximum Gasteiger partial charge on any atom is 0.119 e. The molecule has 0 aliphatic rings. The molecule has 3 aromatic rings. The molecule has 0 atom stereocenters. The van der Waals surface area contributed by atoms with Crippen LogP contribution in [-0.4, -0.2) is 12.1 Å². The van der Waals surface area contributed by atoms with Gasteiger partial charge in [-0.1, -0.05) is 12.1 Å². The highest BCUT2D eigenvalue weighted by Crippen LogP contribution is 2.21. The van der Waals surface area contributed by atoms with Crippen LogP contribution >= 0.6 is 0 Å². The quantitative estimate of drug-likeness (QED) is 0.580. The van der Waals surface area contributed by atoms with E-state index in [0.29, 0.717) is 0 Å². The number of hydrogen-bond acceptors (Lipinski definition) is 4. The summed E-state index contributed by atoms with van der Waals surface area (Å²) in [5.41, 5.74) is 4.24. The molecule has 0 fully saturated rings. The van der Waals surface area contributed by atoms with Crippen molar-refractivity contribution < 1.29 is 4.74 Å². The molecule has 4 heteroatoms. The highest BCUT2D eigenvalue weighted by Gasteiger charge is 1.97. The molecule has 1 heterocycles. The predicted molar refractivity (Wildman–Crippen MR) is 95.3 cm³/mol. The largest absolute Gasteiger partial charge is 0.497 e. The SMILES string of the molecule is COc1ccc(N=Nc2ccc(CCc3ccncc3)cc2)cc1. The number of hydrogen-bond donors (Lipinski definition) is 0. The van der Waals surface area contributed by atoms with E-state index in [9.17, 15) is 0 Å². The average Bonchev–Trinajstić information content (AvgIpc) is 2.67. The molecular weight excluding hydrogens is 298 g/mol. The Morgan fingerprint density at radius 2 is 1.21 bits per heavy atom. The molecule has 0 radical (unpaired) electrons. The Kier molecular flexibility index (Phi) is 5.30. The van der Waals surface area contributed by atoms with E-state index in [1.54, 1.807) is 7.11 Å². The van der Waals surface area contributed by atoms with Crippen LogP contribution < -0.4 is 4.74 Å². The summed E-state index contributed by atoms with van der Waals surface area (Å²) in [5.74, 6) is 0.813. The summed E-state index contributed by atoms with van der Waals surface area (Å²) in [6, 6.07) is 19.8. The Balaban J connectivity index is 1.58. The molecule has 3 rings (SSSR count). The Hall–Kier alpha value is -3.01. The summed E-state index contributed by atoms with van der Waals surface area (Å²) >= 11 is 0. The zero-order valence-electron chi connectivity index (χ0n) is 13.6. The standard InChI is InChI=1S/C20H19N3O/c1-24-20-10-8-19(9-11-20)23-22-18-6-4-16(5-7-18)2-3-17-12-14-21-15-13-17/h4-15H,2-3H2,1H3. The third-order valence-corrected chi connectivity index (χ3v) is 3.74. The van der Waals surface area contributed by atoms with Crippen molar-refractivity contribution in [3.8, 4) is 5.75 Å². The van der Waals surface area contributed by atoms with E-state index in [1.807, 2.05) is 48.8 Å². The summed E-state index contributed by atoms with van der Waals surface area (Å²) in [7, 11) is 1.65. The van der Waals surface area contributed by atoms with E-state index in [4.69, 9.17) is 4.74 Å². The van der Waals surface area contributed by atoms with Crippen LogP contribution in [0.25, 0.3) is 0 Å². The number of benzene rings is 2. The number of pyridine rings is 1. The maximum absolute atomic E-state index is 5.12. The molecule has 2 aromatic carbocycles. The number of aromatic nitrogens is 1. The molecule has 24 heavy (non-hydrogen) atoms. The van der Waals surface area contributed by atoms with Gasteiger partial charge in [-0.25, -0.2) is 0 Å². The molecule has 0 N–H and O–H groups in total. The summed E-state index contributed by atoms with van der Waals surface area (Å²) in [6.07, 6.45) is 5.67. The van der Waals surface area contributed by atoms with Gasteiger partial charge in [0.15, 0.2) is 0 Å². The third kappa shape index (κ3) is 4.49. The lowest BCUT2D eigenvalue weighted by Gasteiger charge is -2.02. The number of azo groups is 1. The molecule has 0 bridgehead atoms. The van der Waals surface area contributed by atoms with Gasteiger partial charge in [0.1, 0.15) is 5.75 Å². The third-order valence-electron chi connectivity index (χ3n) is 3.74. The molecule has 0 saturated heterocycles. The van der Waals surface area contributed by atoms with E-state index < -0.39 is 0 Å². The van der Waals surface area contributed by atoms with Crippen LogP contribution in [0.2, 0.25) is 0 Å². The second-order valence-electron chi connectivity index (χ2n) is 5.42. The first-order valence-electron chi connectivity index (χ1n) is 7.87. The summed E-state index contributed by atoms with van der Waals surface area (Å²) in [4.78, 5) is 4.04. The van der Waals surface area contributed by atoms with Crippen LogP contribution in [0.5, 0.6) is 5.75 Å². The second-order valence-corrected chi connectivity index (χ2v) is 5.42. The molecule has 0 spiro atoms. The number of rotatable bonds is 6. The van der Waals surface area contributed by atoms with Crippen molar-refractivity contribution in [2.45, 2.75) is 12.8 Å². The highest BCUT2D eigenvalue weighted by atomic mass is 16.5. The minimum Gasteiger partial charge on any atom is -0.497 e. The average molecular weight is 317 g/mol. The van der Waals surface area contributed by atoms with Crippen LogP contribution in [-0.2, 0) is 12.8 Å². The maximum atomic E-state index is 5.12. The zero-order valence-corrected chi connectivity index (χ0v) is 13.6. The number of aryl methyl sites for hydroxylation is 2. The Morgan fingerprint density at radius 1 is 0.708 bits per heavy atom. The molecule has 0 unspecified atom stereocenters. The smallest absolute Gasteiger partial charge is 0.119 e. The van der Waals surface area contributed by atoms with Gasteiger partial charge in [-0.3, -0.25) is 4.98 Å². The van der Waals surface area contributed by atoms with E-state index >= 15 is 0 Å². The van der Waals surface area contributed by atoms with E-state index in [2.05, 4.69) is 39.5 Å². The highest BCUT2D eigenvalue weighted by molar-refractivity contribution is 5.43. The van der Waals surface area contributed by atoms with Crippen molar-refractivity contribution in [2.24, 2.45) is 10.2 Å². The lowest BCUT2D eigenvalue weighted by Crippen LogP contribution is -1.90. The molecule has 0 amide bonds. The predicted octanol–water partition coefficient (Wildman–Crippen LogP) is 5.29. The van der Waals surface area contributed by atoms with Crippen LogP contribution in [0.15, 0.2) is 83.3 Å². The Morgan fingerprint density at radius 3 is 1.75 bits per heavy atom. The van der Waals surface area contributed by atoms with Crippen molar-refractivity contribution in [3.63, 3.8) is 0 Å². The van der Waals surface area contributed by atoms with Crippen molar-refractivity contribution in [3.05, 3.63) is 84.2 Å². The van der Waals surface area contributed by atoms with Crippen LogP contribution in [0.4, 0.5) is 11.4 Å². The second kappa shape index (κ2) is 8.02. The van der Waals surface area contributed by atoms with Crippen molar-refractivity contribution >= 4 is 11.4 Å². The lowest BCUT2D eigenvalue weighted by atomic mass is 10.1. The van der Waals surface area contributed by atoms with E-state index in [0.717, 1.165) is 30.0 Å². The Labute approximate surface area is 141 Å². The van der Waals surface area contributed by atoms with E-state index in [-0.39, 0.29) is 0 Å². The first-order chi connectivity index (χ1) is 11.8. The Bertz CT molecular complexity index is 781. The van der Waals surface area contributed by atoms with Crippen LogP contribution in [0.3, 0.4) is 0 Å². The molecule has 0 aliphatic heterocycles. The first kappa shape index (κ1) is 15.9. The number of nitrogens with zero attached hydrogens (tertiary/aromatic N) is 3. The topological polar surface area (TPSA) is 46.8 Å². The van der Waals surface area contributed by atoms with Crippen molar-refractivity contribution in [1.29, 1.82) is 0 Å². The number of methoxy groups -OCH3 is 1. The van der Waals surface area contributed by atoms with Gasteiger partial charge in [0.05, 0.1) is 18.5 Å². The van der Waals surface area contributed by atoms with Gasteiger partial charge in [0.2, 0.25) is 0 Å². The monoisotopic (exact) mass is 317 g/mol. The van der Waals surface area contributed by atoms with Crippen LogP contribution in [0.1, 0.15) is 11.1 Å². The van der Waals surface area contributed by atoms with Gasteiger partial charge < -0.3 is 4.74 Å². The van der Waals surface area contributed by atoms with Gasteiger partial charge in [-0.2, -0.15) is 10.2 Å². The van der Waals surface area contributed by atoms with Gasteiger partial charge in [-0.15, -0.1) is 0 Å². The van der Waals surface area contributed by atoms with Gasteiger partial charge in [0.25, 0.3) is 0 Å². The number of ether oxygens (including phenoxy) is 1. The fourth-order valence-electron chi connectivity index (χ4n) is 2.33. The summed E-state index contributed by atoms with van der Waals surface area (Å²) < 4.78 is 5.12. The minimum absolute atomic E-state index is 0.803. The zero-order chi connectivity index (χ0) is 16.6. The van der Waals surface area contributed by atoms with Gasteiger partial charge in [0, 0.05) is 12.4 Å². The molecule has 4 nitrogen and oxygen atoms in total. The molecule has 120 valence electrons. The molecule has 1 aromatic heterocycles. The molecule has 0 saturated carbocycles. The van der Waals surface area contributed by atoms with Crippen LogP contribution in [0, 0.1) is 0 Å². The van der Waals surface area contributed by atoms with E-state index in [1.165, 1.54) is 11.1 Å². The summed E-state index contributed by atoms with van der Waals surface area (Å²) in [6.45, 7) is 0. The van der Waals surface area contributed by atoms with Gasteiger partial charge in [-0.05, 0) is 72.5 Å². The van der Waals surface area contributed by atoms with Crippen molar-refractivity contribution in [1.82, 2.24) is 4.98 Å².